The lowest BCUT2D eigenvalue weighted by atomic mass is 9.79. The molecule has 27 heavy (non-hydrogen) atoms. The normalized spacial score (nSPS) is 12.8. The maximum Gasteiger partial charge on any atom is 0.491 e. The van der Waals surface area contributed by atoms with Gasteiger partial charge in [-0.1, -0.05) is 23.4 Å². The topological polar surface area (TPSA) is 98.5 Å². The SMILES string of the molecule is COc1ccccc1-n1nnc(C(=O)Nc2ccc3c(c2)B(O)OC3)c1C. The Hall–Kier alpha value is -3.17. The van der Waals surface area contributed by atoms with Crippen LogP contribution in [0.15, 0.2) is 42.5 Å². The molecule has 9 heteroatoms. The van der Waals surface area contributed by atoms with Crippen molar-refractivity contribution in [3.63, 3.8) is 0 Å². The molecule has 0 radical (unpaired) electrons. The van der Waals surface area contributed by atoms with Crippen molar-refractivity contribution in [3.05, 3.63) is 59.4 Å². The van der Waals surface area contributed by atoms with Crippen molar-refractivity contribution in [1.82, 2.24) is 15.0 Å². The standard InChI is InChI=1S/C18H17BN4O4/c1-11-17(21-22-23(11)15-5-3-4-6-16(15)26-2)18(24)20-13-8-7-12-10-27-19(25)14(12)9-13/h3-9,25H,10H2,1-2H3,(H,20,24). The number of benzene rings is 2. The minimum absolute atomic E-state index is 0.207. The summed E-state index contributed by atoms with van der Waals surface area (Å²) in [6, 6.07) is 12.6. The smallest absolute Gasteiger partial charge is 0.491 e. The Balaban J connectivity index is 1.61. The number of para-hydroxylation sites is 2. The van der Waals surface area contributed by atoms with Gasteiger partial charge in [0.25, 0.3) is 5.91 Å². The summed E-state index contributed by atoms with van der Waals surface area (Å²) in [5, 5.41) is 20.7. The van der Waals surface area contributed by atoms with E-state index in [1.807, 2.05) is 30.3 Å². The number of methoxy groups -OCH3 is 1. The second-order valence-corrected chi connectivity index (χ2v) is 6.14. The van der Waals surface area contributed by atoms with Crippen LogP contribution in [-0.2, 0) is 11.3 Å². The minimum Gasteiger partial charge on any atom is -0.494 e. The molecule has 1 aliphatic heterocycles. The average Bonchev–Trinajstić information content (AvgIpc) is 3.24. The lowest BCUT2D eigenvalue weighted by Crippen LogP contribution is -2.28. The molecule has 1 amide bonds. The molecule has 0 bridgehead atoms. The van der Waals surface area contributed by atoms with Crippen LogP contribution in [0.5, 0.6) is 5.75 Å². The van der Waals surface area contributed by atoms with Crippen molar-refractivity contribution >= 4 is 24.2 Å². The summed E-state index contributed by atoms with van der Waals surface area (Å²) in [6.45, 7) is 2.12. The Kier molecular flexibility index (Phi) is 4.39. The number of carbonyl (C=O) groups is 1. The van der Waals surface area contributed by atoms with Crippen LogP contribution in [0.3, 0.4) is 0 Å². The van der Waals surface area contributed by atoms with Crippen molar-refractivity contribution in [1.29, 1.82) is 0 Å². The number of fused-ring (bicyclic) bond motifs is 1. The molecular formula is C18H17BN4O4. The summed E-state index contributed by atoms with van der Waals surface area (Å²) in [6.07, 6.45) is 0. The van der Waals surface area contributed by atoms with Crippen LogP contribution in [0.1, 0.15) is 21.7 Å². The molecule has 3 aromatic rings. The third-order valence-corrected chi connectivity index (χ3v) is 4.49. The van der Waals surface area contributed by atoms with Crippen LogP contribution < -0.4 is 15.5 Å². The molecule has 0 saturated carbocycles. The van der Waals surface area contributed by atoms with E-state index in [0.717, 1.165) is 5.56 Å². The Bertz CT molecular complexity index is 1020. The van der Waals surface area contributed by atoms with Gasteiger partial charge in [0.15, 0.2) is 5.69 Å². The Morgan fingerprint density at radius 1 is 1.33 bits per heavy atom. The number of anilines is 1. The van der Waals surface area contributed by atoms with Crippen LogP contribution >= 0.6 is 0 Å². The van der Waals surface area contributed by atoms with Gasteiger partial charge in [-0.2, -0.15) is 0 Å². The van der Waals surface area contributed by atoms with E-state index in [1.165, 1.54) is 0 Å². The first-order valence-corrected chi connectivity index (χ1v) is 8.38. The third kappa shape index (κ3) is 3.07. The molecule has 0 unspecified atom stereocenters. The molecule has 0 aliphatic carbocycles. The van der Waals surface area contributed by atoms with Crippen LogP contribution in [-0.4, -0.2) is 40.2 Å². The maximum atomic E-state index is 12.7. The highest BCUT2D eigenvalue weighted by atomic mass is 16.5. The Morgan fingerprint density at radius 3 is 2.96 bits per heavy atom. The summed E-state index contributed by atoms with van der Waals surface area (Å²) in [5.74, 6) is 0.243. The molecule has 136 valence electrons. The van der Waals surface area contributed by atoms with Crippen molar-refractivity contribution < 1.29 is 19.2 Å². The lowest BCUT2D eigenvalue weighted by Gasteiger charge is -2.09. The highest BCUT2D eigenvalue weighted by Gasteiger charge is 2.27. The van der Waals surface area contributed by atoms with E-state index in [0.29, 0.717) is 34.9 Å². The quantitative estimate of drug-likeness (QED) is 0.672. The molecule has 4 rings (SSSR count). The van der Waals surface area contributed by atoms with Gasteiger partial charge in [0.1, 0.15) is 11.4 Å². The molecule has 0 spiro atoms. The molecule has 0 saturated heterocycles. The van der Waals surface area contributed by atoms with Gasteiger partial charge in [-0.05, 0) is 42.2 Å². The zero-order chi connectivity index (χ0) is 19.0. The molecule has 2 aromatic carbocycles. The minimum atomic E-state index is -0.968. The van der Waals surface area contributed by atoms with E-state index in [9.17, 15) is 9.82 Å². The molecule has 1 aromatic heterocycles. The molecular weight excluding hydrogens is 347 g/mol. The van der Waals surface area contributed by atoms with Gasteiger partial charge >= 0.3 is 7.12 Å². The van der Waals surface area contributed by atoms with E-state index < -0.39 is 7.12 Å². The first-order chi connectivity index (χ1) is 13.1. The Morgan fingerprint density at radius 2 is 2.15 bits per heavy atom. The summed E-state index contributed by atoms with van der Waals surface area (Å²) in [7, 11) is 0.607. The van der Waals surface area contributed by atoms with Gasteiger partial charge in [0.2, 0.25) is 0 Å². The number of carbonyl (C=O) groups excluding carboxylic acids is 1. The van der Waals surface area contributed by atoms with Crippen LogP contribution in [0.4, 0.5) is 5.69 Å². The lowest BCUT2D eigenvalue weighted by molar-refractivity contribution is 0.102. The van der Waals surface area contributed by atoms with Gasteiger partial charge in [-0.25, -0.2) is 4.68 Å². The van der Waals surface area contributed by atoms with Gasteiger partial charge in [0.05, 0.1) is 19.4 Å². The predicted molar refractivity (Wildman–Crippen MR) is 99.4 cm³/mol. The number of rotatable bonds is 4. The zero-order valence-corrected chi connectivity index (χ0v) is 14.8. The molecule has 2 N–H and O–H groups in total. The number of aromatic nitrogens is 3. The number of hydrogen-bond acceptors (Lipinski definition) is 6. The van der Waals surface area contributed by atoms with Crippen LogP contribution in [0, 0.1) is 6.92 Å². The fraction of sp³-hybridized carbons (Fsp3) is 0.167. The summed E-state index contributed by atoms with van der Waals surface area (Å²) in [5.41, 5.74) is 3.59. The highest BCUT2D eigenvalue weighted by Crippen LogP contribution is 2.23. The van der Waals surface area contributed by atoms with E-state index in [-0.39, 0.29) is 11.6 Å². The van der Waals surface area contributed by atoms with E-state index in [1.54, 1.807) is 30.8 Å². The monoisotopic (exact) mass is 364 g/mol. The van der Waals surface area contributed by atoms with Crippen molar-refractivity contribution in [2.75, 3.05) is 12.4 Å². The zero-order valence-electron chi connectivity index (χ0n) is 14.8. The van der Waals surface area contributed by atoms with Gasteiger partial charge in [-0.15, -0.1) is 5.10 Å². The van der Waals surface area contributed by atoms with Gasteiger partial charge < -0.3 is 19.7 Å². The second-order valence-electron chi connectivity index (χ2n) is 6.14. The summed E-state index contributed by atoms with van der Waals surface area (Å²) >= 11 is 0. The van der Waals surface area contributed by atoms with Gasteiger partial charge in [0, 0.05) is 5.69 Å². The predicted octanol–water partition coefficient (Wildman–Crippen LogP) is 1.05. The molecule has 1 aliphatic rings. The summed E-state index contributed by atoms with van der Waals surface area (Å²) in [4.78, 5) is 12.7. The first kappa shape index (κ1) is 17.3. The van der Waals surface area contributed by atoms with Crippen LogP contribution in [0.2, 0.25) is 0 Å². The third-order valence-electron chi connectivity index (χ3n) is 4.49. The number of hydrogen-bond donors (Lipinski definition) is 2. The molecule has 8 nitrogen and oxygen atoms in total. The van der Waals surface area contributed by atoms with E-state index >= 15 is 0 Å². The van der Waals surface area contributed by atoms with Crippen LogP contribution in [0.25, 0.3) is 5.69 Å². The van der Waals surface area contributed by atoms with E-state index in [4.69, 9.17) is 9.39 Å². The molecule has 2 heterocycles. The van der Waals surface area contributed by atoms with Crippen molar-refractivity contribution in [2.45, 2.75) is 13.5 Å². The molecule has 0 atom stereocenters. The second kappa shape index (κ2) is 6.86. The number of ether oxygens (including phenoxy) is 1. The first-order valence-electron chi connectivity index (χ1n) is 8.38. The fourth-order valence-electron chi connectivity index (χ4n) is 3.06. The van der Waals surface area contributed by atoms with Crippen molar-refractivity contribution in [3.8, 4) is 11.4 Å². The fourth-order valence-corrected chi connectivity index (χ4v) is 3.06. The average molecular weight is 364 g/mol. The largest absolute Gasteiger partial charge is 0.494 e. The summed E-state index contributed by atoms with van der Waals surface area (Å²) < 4.78 is 12.1. The molecule has 0 fully saturated rings. The Labute approximate surface area is 155 Å². The number of nitrogens with one attached hydrogen (secondary N) is 1. The number of amides is 1. The van der Waals surface area contributed by atoms with Gasteiger partial charge in [-0.3, -0.25) is 4.79 Å². The van der Waals surface area contributed by atoms with Crippen molar-refractivity contribution in [2.24, 2.45) is 0 Å². The maximum absolute atomic E-state index is 12.7. The highest BCUT2D eigenvalue weighted by molar-refractivity contribution is 6.61. The number of nitrogens with zero attached hydrogens (tertiary/aromatic N) is 3. The van der Waals surface area contributed by atoms with E-state index in [2.05, 4.69) is 15.6 Å².